The number of aromatic nitrogens is 3. The molecule has 1 atom stereocenters. The highest BCUT2D eigenvalue weighted by molar-refractivity contribution is 14.0. The lowest BCUT2D eigenvalue weighted by Crippen LogP contribution is -2.47. The third-order valence-corrected chi connectivity index (χ3v) is 5.49. The lowest BCUT2D eigenvalue weighted by atomic mass is 10.2. The number of halogens is 1. The Hall–Kier alpha value is -0.940. The van der Waals surface area contributed by atoms with Crippen molar-refractivity contribution < 1.29 is 4.74 Å². The van der Waals surface area contributed by atoms with E-state index in [1.54, 1.807) is 0 Å². The maximum Gasteiger partial charge on any atom is 0.194 e. The zero-order valence-corrected chi connectivity index (χ0v) is 18.1. The number of morpholine rings is 1. The van der Waals surface area contributed by atoms with Gasteiger partial charge in [0, 0.05) is 45.3 Å². The summed E-state index contributed by atoms with van der Waals surface area (Å²) in [7, 11) is 2.00. The Labute approximate surface area is 172 Å². The van der Waals surface area contributed by atoms with Crippen LogP contribution < -0.4 is 5.32 Å². The summed E-state index contributed by atoms with van der Waals surface area (Å²) in [6.45, 7) is 8.50. The van der Waals surface area contributed by atoms with Gasteiger partial charge in [0.2, 0.25) is 0 Å². The standard InChI is InChI=1S/C17H29N7O.HI/c1-13-20-21-16(22(13)2)11-18-17(19-14-3-4-14)24-6-5-15(12-24)23-7-9-25-10-8-23;/h14-15H,3-12H2,1-2H3,(H,18,19);1H. The van der Waals surface area contributed by atoms with Gasteiger partial charge in [-0.05, 0) is 26.2 Å². The summed E-state index contributed by atoms with van der Waals surface area (Å²) < 4.78 is 7.50. The molecular formula is C17H30IN7O. The van der Waals surface area contributed by atoms with Crippen molar-refractivity contribution in [2.45, 2.75) is 44.8 Å². The van der Waals surface area contributed by atoms with Crippen molar-refractivity contribution >= 4 is 29.9 Å². The molecule has 8 nitrogen and oxygen atoms in total. The smallest absolute Gasteiger partial charge is 0.194 e. The third kappa shape index (κ3) is 4.66. The molecule has 1 aromatic heterocycles. The normalized spacial score (nSPS) is 24.6. The summed E-state index contributed by atoms with van der Waals surface area (Å²) in [5.41, 5.74) is 0. The van der Waals surface area contributed by atoms with Crippen molar-refractivity contribution in [1.82, 2.24) is 29.9 Å². The van der Waals surface area contributed by atoms with E-state index in [4.69, 9.17) is 9.73 Å². The highest BCUT2D eigenvalue weighted by atomic mass is 127. The minimum atomic E-state index is 0. The Balaban J connectivity index is 0.00000196. The highest BCUT2D eigenvalue weighted by Gasteiger charge is 2.32. The molecule has 1 unspecified atom stereocenters. The van der Waals surface area contributed by atoms with E-state index in [2.05, 4.69) is 25.3 Å². The van der Waals surface area contributed by atoms with E-state index in [0.29, 0.717) is 18.6 Å². The van der Waals surface area contributed by atoms with Crippen molar-refractivity contribution in [3.63, 3.8) is 0 Å². The van der Waals surface area contributed by atoms with Gasteiger partial charge in [0.15, 0.2) is 11.8 Å². The molecule has 9 heteroatoms. The minimum Gasteiger partial charge on any atom is -0.379 e. The molecule has 0 bridgehead atoms. The summed E-state index contributed by atoms with van der Waals surface area (Å²) in [4.78, 5) is 9.87. The summed E-state index contributed by atoms with van der Waals surface area (Å²) in [6, 6.07) is 1.22. The van der Waals surface area contributed by atoms with Gasteiger partial charge in [-0.2, -0.15) is 0 Å². The van der Waals surface area contributed by atoms with Gasteiger partial charge in [0.05, 0.1) is 13.2 Å². The minimum absolute atomic E-state index is 0. The molecule has 0 radical (unpaired) electrons. The topological polar surface area (TPSA) is 70.8 Å². The van der Waals surface area contributed by atoms with Gasteiger partial charge in [0.1, 0.15) is 12.4 Å². The Bertz CT molecular complexity index is 625. The van der Waals surface area contributed by atoms with Crippen LogP contribution in [0.4, 0.5) is 0 Å². The predicted octanol–water partition coefficient (Wildman–Crippen LogP) is 0.756. The van der Waals surface area contributed by atoms with Crippen molar-refractivity contribution in [1.29, 1.82) is 0 Å². The van der Waals surface area contributed by atoms with Gasteiger partial charge in [0.25, 0.3) is 0 Å². The van der Waals surface area contributed by atoms with E-state index in [9.17, 15) is 0 Å². The zero-order chi connectivity index (χ0) is 17.2. The number of guanidine groups is 1. The molecule has 3 fully saturated rings. The largest absolute Gasteiger partial charge is 0.379 e. The number of hydrogen-bond donors (Lipinski definition) is 1. The molecule has 0 spiro atoms. The monoisotopic (exact) mass is 475 g/mol. The summed E-state index contributed by atoms with van der Waals surface area (Å²) >= 11 is 0. The number of hydrogen-bond acceptors (Lipinski definition) is 5. The number of rotatable bonds is 4. The molecule has 1 N–H and O–H groups in total. The number of aliphatic imine (C=N–C) groups is 1. The van der Waals surface area contributed by atoms with Crippen LogP contribution in [0.2, 0.25) is 0 Å². The van der Waals surface area contributed by atoms with Gasteiger partial charge in [-0.15, -0.1) is 34.2 Å². The van der Waals surface area contributed by atoms with Gasteiger partial charge >= 0.3 is 0 Å². The summed E-state index contributed by atoms with van der Waals surface area (Å²) in [6.07, 6.45) is 3.71. The molecule has 2 aliphatic heterocycles. The van der Waals surface area contributed by atoms with Crippen molar-refractivity contribution in [2.75, 3.05) is 39.4 Å². The molecule has 0 aromatic carbocycles. The lowest BCUT2D eigenvalue weighted by molar-refractivity contribution is 0.0195. The Morgan fingerprint density at radius 3 is 2.62 bits per heavy atom. The van der Waals surface area contributed by atoms with Crippen LogP contribution in [0.5, 0.6) is 0 Å². The van der Waals surface area contributed by atoms with Crippen LogP contribution in [0.3, 0.4) is 0 Å². The number of nitrogens with zero attached hydrogens (tertiary/aromatic N) is 6. The van der Waals surface area contributed by atoms with Crippen LogP contribution in [-0.4, -0.2) is 82.0 Å². The maximum atomic E-state index is 5.49. The fraction of sp³-hybridized carbons (Fsp3) is 0.824. The average Bonchev–Trinajstić information content (AvgIpc) is 3.22. The van der Waals surface area contributed by atoms with Crippen molar-refractivity contribution in [3.8, 4) is 0 Å². The van der Waals surface area contributed by atoms with Gasteiger partial charge < -0.3 is 19.5 Å². The first kappa shape index (κ1) is 19.8. The Morgan fingerprint density at radius 2 is 1.96 bits per heavy atom. The second-order valence-corrected chi connectivity index (χ2v) is 7.32. The van der Waals surface area contributed by atoms with Crippen LogP contribution >= 0.6 is 24.0 Å². The fourth-order valence-corrected chi connectivity index (χ4v) is 3.56. The zero-order valence-electron chi connectivity index (χ0n) is 15.7. The molecule has 4 rings (SSSR count). The second kappa shape index (κ2) is 8.83. The first-order valence-corrected chi connectivity index (χ1v) is 9.43. The highest BCUT2D eigenvalue weighted by Crippen LogP contribution is 2.22. The number of nitrogens with one attached hydrogen (secondary N) is 1. The fourth-order valence-electron chi connectivity index (χ4n) is 3.56. The summed E-state index contributed by atoms with van der Waals surface area (Å²) in [5, 5.41) is 12.0. The lowest BCUT2D eigenvalue weighted by Gasteiger charge is -2.32. The van der Waals surface area contributed by atoms with E-state index < -0.39 is 0 Å². The van der Waals surface area contributed by atoms with Crippen molar-refractivity contribution in [3.05, 3.63) is 11.6 Å². The van der Waals surface area contributed by atoms with E-state index in [-0.39, 0.29) is 24.0 Å². The quantitative estimate of drug-likeness (QED) is 0.394. The van der Waals surface area contributed by atoms with E-state index in [1.165, 1.54) is 19.3 Å². The molecule has 2 saturated heterocycles. The first-order chi connectivity index (χ1) is 12.2. The SMILES string of the molecule is Cc1nnc(CN=C(NC2CC2)N2CCC(N3CCOCC3)C2)n1C.I. The number of likely N-dealkylation sites (tertiary alicyclic amines) is 1. The van der Waals surface area contributed by atoms with Gasteiger partial charge in [-0.25, -0.2) is 4.99 Å². The molecule has 26 heavy (non-hydrogen) atoms. The van der Waals surface area contributed by atoms with Gasteiger partial charge in [-0.3, -0.25) is 4.90 Å². The summed E-state index contributed by atoms with van der Waals surface area (Å²) in [5.74, 6) is 2.88. The van der Waals surface area contributed by atoms with Crippen LogP contribution in [0, 0.1) is 6.92 Å². The van der Waals surface area contributed by atoms with Crippen LogP contribution in [0.1, 0.15) is 30.9 Å². The second-order valence-electron chi connectivity index (χ2n) is 7.32. The molecule has 1 aliphatic carbocycles. The number of ether oxygens (including phenoxy) is 1. The van der Waals surface area contributed by atoms with Crippen LogP contribution in [0.25, 0.3) is 0 Å². The predicted molar refractivity (Wildman–Crippen MR) is 111 cm³/mol. The van der Waals surface area contributed by atoms with E-state index in [0.717, 1.165) is 57.0 Å². The van der Waals surface area contributed by atoms with Crippen LogP contribution in [-0.2, 0) is 18.3 Å². The maximum absolute atomic E-state index is 5.49. The molecule has 1 aromatic rings. The van der Waals surface area contributed by atoms with Crippen LogP contribution in [0.15, 0.2) is 4.99 Å². The first-order valence-electron chi connectivity index (χ1n) is 9.43. The Kier molecular flexibility index (Phi) is 6.73. The third-order valence-electron chi connectivity index (χ3n) is 5.49. The van der Waals surface area contributed by atoms with E-state index >= 15 is 0 Å². The van der Waals surface area contributed by atoms with Crippen molar-refractivity contribution in [2.24, 2.45) is 12.0 Å². The molecule has 1 saturated carbocycles. The molecular weight excluding hydrogens is 445 g/mol. The Morgan fingerprint density at radius 1 is 1.19 bits per heavy atom. The van der Waals surface area contributed by atoms with E-state index in [1.807, 2.05) is 18.5 Å². The average molecular weight is 475 g/mol. The molecule has 0 amide bonds. The molecule has 146 valence electrons. The molecule has 3 heterocycles. The number of aryl methyl sites for hydroxylation is 1. The molecule has 3 aliphatic rings. The van der Waals surface area contributed by atoms with Gasteiger partial charge in [-0.1, -0.05) is 0 Å².